The zero-order valence-electron chi connectivity index (χ0n) is 10.7. The second-order valence-corrected chi connectivity index (χ2v) is 4.62. The summed E-state index contributed by atoms with van der Waals surface area (Å²) in [6.07, 6.45) is 0. The van der Waals surface area contributed by atoms with Crippen LogP contribution in [-0.4, -0.2) is 23.7 Å². The Kier molecular flexibility index (Phi) is 5.06. The number of hydrogen-bond acceptors (Lipinski definition) is 5. The molecule has 0 fully saturated rings. The quantitative estimate of drug-likeness (QED) is 0.338. The van der Waals surface area contributed by atoms with Crippen molar-refractivity contribution in [3.63, 3.8) is 0 Å². The van der Waals surface area contributed by atoms with Gasteiger partial charge in [0.15, 0.2) is 5.75 Å². The molecular formula is C12H17NO5. The Bertz CT molecular complexity index is 382. The maximum atomic E-state index is 10.4. The van der Waals surface area contributed by atoms with E-state index in [1.807, 2.05) is 20.8 Å². The van der Waals surface area contributed by atoms with Gasteiger partial charge in [-0.2, -0.15) is 4.89 Å². The van der Waals surface area contributed by atoms with Crippen molar-refractivity contribution < 1.29 is 19.4 Å². The first kappa shape index (κ1) is 14.4. The van der Waals surface area contributed by atoms with Gasteiger partial charge in [-0.3, -0.25) is 10.1 Å². The van der Waals surface area contributed by atoms with Gasteiger partial charge in [0.2, 0.25) is 0 Å². The molecule has 0 radical (unpaired) electrons. The number of nitrogens with zero attached hydrogens (tertiary/aromatic N) is 1. The topological polar surface area (TPSA) is 70.8 Å². The molecular weight excluding hydrogens is 238 g/mol. The van der Waals surface area contributed by atoms with Crippen LogP contribution in [0.15, 0.2) is 24.3 Å². The molecule has 0 amide bonds. The van der Waals surface area contributed by atoms with Crippen LogP contribution in [0.3, 0.4) is 0 Å². The van der Waals surface area contributed by atoms with Crippen molar-refractivity contribution in [3.8, 4) is 5.75 Å². The van der Waals surface area contributed by atoms with Crippen molar-refractivity contribution in [2.24, 2.45) is 0 Å². The van der Waals surface area contributed by atoms with Crippen molar-refractivity contribution in [3.05, 3.63) is 34.4 Å². The molecule has 1 aromatic carbocycles. The Balaban J connectivity index is 2.25. The van der Waals surface area contributed by atoms with Gasteiger partial charge in [-0.1, -0.05) is 0 Å². The van der Waals surface area contributed by atoms with Gasteiger partial charge < -0.3 is 9.62 Å². The Morgan fingerprint density at radius 1 is 1.17 bits per heavy atom. The van der Waals surface area contributed by atoms with Crippen LogP contribution in [0.1, 0.15) is 20.8 Å². The number of rotatable bonds is 6. The van der Waals surface area contributed by atoms with E-state index in [1.165, 1.54) is 24.3 Å². The molecule has 0 saturated carbocycles. The van der Waals surface area contributed by atoms with Gasteiger partial charge in [0.05, 0.1) is 17.1 Å². The minimum atomic E-state index is -0.470. The van der Waals surface area contributed by atoms with E-state index >= 15 is 0 Å². The van der Waals surface area contributed by atoms with E-state index in [0.29, 0.717) is 12.4 Å². The summed E-state index contributed by atoms with van der Waals surface area (Å²) in [5.41, 5.74) is -0.199. The molecule has 0 aliphatic heterocycles. The predicted octanol–water partition coefficient (Wildman–Crippen LogP) is 2.72. The molecule has 6 nitrogen and oxygen atoms in total. The van der Waals surface area contributed by atoms with Crippen LogP contribution in [0.4, 0.5) is 5.69 Å². The molecule has 0 atom stereocenters. The Morgan fingerprint density at radius 2 is 1.78 bits per heavy atom. The van der Waals surface area contributed by atoms with Crippen LogP contribution >= 0.6 is 0 Å². The van der Waals surface area contributed by atoms with E-state index < -0.39 is 4.92 Å². The third-order valence-electron chi connectivity index (χ3n) is 1.90. The van der Waals surface area contributed by atoms with Crippen molar-refractivity contribution in [2.75, 3.05) is 13.2 Å². The summed E-state index contributed by atoms with van der Waals surface area (Å²) < 4.78 is 5.42. The predicted molar refractivity (Wildman–Crippen MR) is 65.4 cm³/mol. The van der Waals surface area contributed by atoms with Crippen LogP contribution in [0.25, 0.3) is 0 Å². The molecule has 100 valence electrons. The van der Waals surface area contributed by atoms with Gasteiger partial charge in [-0.25, -0.2) is 0 Å². The lowest BCUT2D eigenvalue weighted by atomic mass is 10.2. The second-order valence-electron chi connectivity index (χ2n) is 4.62. The van der Waals surface area contributed by atoms with Crippen molar-refractivity contribution in [2.45, 2.75) is 26.4 Å². The fraction of sp³-hybridized carbons (Fsp3) is 0.500. The molecule has 0 unspecified atom stereocenters. The summed E-state index contributed by atoms with van der Waals surface area (Å²) in [7, 11) is 0. The third-order valence-corrected chi connectivity index (χ3v) is 1.90. The fourth-order valence-corrected chi connectivity index (χ4v) is 1.11. The molecule has 0 heterocycles. The van der Waals surface area contributed by atoms with Crippen LogP contribution in [-0.2, 0) is 9.62 Å². The molecule has 0 aromatic heterocycles. The lowest BCUT2D eigenvalue weighted by Gasteiger charge is -2.18. The van der Waals surface area contributed by atoms with Crippen LogP contribution in [0.5, 0.6) is 5.75 Å². The second kappa shape index (κ2) is 6.32. The first-order valence-corrected chi connectivity index (χ1v) is 5.56. The van der Waals surface area contributed by atoms with Gasteiger partial charge in [0.1, 0.15) is 6.61 Å². The molecule has 0 bridgehead atoms. The maximum absolute atomic E-state index is 10.4. The van der Waals surface area contributed by atoms with E-state index in [0.717, 1.165) is 0 Å². The molecule has 0 aliphatic carbocycles. The zero-order valence-corrected chi connectivity index (χ0v) is 10.7. The highest BCUT2D eigenvalue weighted by Crippen LogP contribution is 2.17. The highest BCUT2D eigenvalue weighted by Gasteiger charge is 2.09. The van der Waals surface area contributed by atoms with E-state index in [9.17, 15) is 10.1 Å². The summed E-state index contributed by atoms with van der Waals surface area (Å²) in [5.74, 6) is 0.413. The van der Waals surface area contributed by atoms with Crippen molar-refractivity contribution in [1.82, 2.24) is 0 Å². The van der Waals surface area contributed by atoms with Gasteiger partial charge in [-0.05, 0) is 32.9 Å². The van der Waals surface area contributed by atoms with Crippen LogP contribution in [0.2, 0.25) is 0 Å². The van der Waals surface area contributed by atoms with E-state index in [2.05, 4.69) is 0 Å². The standard InChI is InChI=1S/C12H17NO5/c1-12(2,3)16-8-9-17-18-11-6-4-10(5-7-11)13(14)15/h4-7H,8-9H2,1-3H3. The number of nitro benzene ring substituents is 1. The molecule has 6 heteroatoms. The number of benzene rings is 1. The first-order chi connectivity index (χ1) is 8.38. The monoisotopic (exact) mass is 255 g/mol. The Labute approximate surface area is 106 Å². The lowest BCUT2D eigenvalue weighted by molar-refractivity contribution is -0.384. The van der Waals surface area contributed by atoms with Gasteiger partial charge in [0.25, 0.3) is 5.69 Å². The van der Waals surface area contributed by atoms with Crippen molar-refractivity contribution >= 4 is 5.69 Å². The molecule has 0 saturated heterocycles. The van der Waals surface area contributed by atoms with E-state index in [4.69, 9.17) is 14.5 Å². The number of hydrogen-bond donors (Lipinski definition) is 0. The molecule has 0 N–H and O–H groups in total. The summed E-state index contributed by atoms with van der Waals surface area (Å²) in [5, 5.41) is 10.4. The SMILES string of the molecule is CC(C)(C)OCCOOc1ccc([N+](=O)[O-])cc1. The number of non-ortho nitro benzene ring substituents is 1. The minimum Gasteiger partial charge on any atom is -0.373 e. The molecule has 0 spiro atoms. The highest BCUT2D eigenvalue weighted by atomic mass is 17.2. The Hall–Kier alpha value is -1.66. The lowest BCUT2D eigenvalue weighted by Crippen LogP contribution is -2.22. The van der Waals surface area contributed by atoms with Gasteiger partial charge in [0, 0.05) is 12.1 Å². The summed E-state index contributed by atoms with van der Waals surface area (Å²) in [4.78, 5) is 19.8. The van der Waals surface area contributed by atoms with Gasteiger partial charge >= 0.3 is 0 Å². The fourth-order valence-electron chi connectivity index (χ4n) is 1.11. The first-order valence-electron chi connectivity index (χ1n) is 5.56. The number of ether oxygens (including phenoxy) is 1. The van der Waals surface area contributed by atoms with Crippen LogP contribution < -0.4 is 4.89 Å². The summed E-state index contributed by atoms with van der Waals surface area (Å²) in [6.45, 7) is 6.54. The minimum absolute atomic E-state index is 0.0124. The maximum Gasteiger partial charge on any atom is 0.269 e. The van der Waals surface area contributed by atoms with Crippen LogP contribution in [0, 0.1) is 10.1 Å². The zero-order chi connectivity index (χ0) is 13.6. The van der Waals surface area contributed by atoms with E-state index in [1.54, 1.807) is 0 Å². The van der Waals surface area contributed by atoms with Gasteiger partial charge in [-0.15, -0.1) is 0 Å². The normalized spacial score (nSPS) is 11.3. The molecule has 1 rings (SSSR count). The largest absolute Gasteiger partial charge is 0.373 e. The highest BCUT2D eigenvalue weighted by molar-refractivity contribution is 5.35. The molecule has 18 heavy (non-hydrogen) atoms. The summed E-state index contributed by atoms with van der Waals surface area (Å²) >= 11 is 0. The summed E-state index contributed by atoms with van der Waals surface area (Å²) in [6, 6.07) is 5.65. The Morgan fingerprint density at radius 3 is 2.28 bits per heavy atom. The average Bonchev–Trinajstić information content (AvgIpc) is 2.27. The average molecular weight is 255 g/mol. The van der Waals surface area contributed by atoms with Crippen molar-refractivity contribution in [1.29, 1.82) is 0 Å². The molecule has 0 aliphatic rings. The van der Waals surface area contributed by atoms with E-state index in [-0.39, 0.29) is 17.9 Å². The molecule has 1 aromatic rings. The number of nitro groups is 1. The smallest absolute Gasteiger partial charge is 0.269 e. The third kappa shape index (κ3) is 5.60.